The summed E-state index contributed by atoms with van der Waals surface area (Å²) in [6.07, 6.45) is -0.464. The van der Waals surface area contributed by atoms with E-state index in [4.69, 9.17) is 14.2 Å². The third kappa shape index (κ3) is 4.49. The molecule has 6 heteroatoms. The molecule has 2 N–H and O–H groups in total. The second kappa shape index (κ2) is 5.30. The lowest BCUT2D eigenvalue weighted by molar-refractivity contribution is -0.134. The van der Waals surface area contributed by atoms with E-state index in [1.165, 1.54) is 0 Å². The molecule has 0 bridgehead atoms. The lowest BCUT2D eigenvalue weighted by Gasteiger charge is -2.12. The van der Waals surface area contributed by atoms with Crippen molar-refractivity contribution in [1.82, 2.24) is 0 Å². The molecule has 0 aromatic rings. The van der Waals surface area contributed by atoms with Gasteiger partial charge in [-0.15, -0.1) is 0 Å². The average Bonchev–Trinajstić information content (AvgIpc) is 1.85. The van der Waals surface area contributed by atoms with Crippen LogP contribution in [0.1, 0.15) is 13.8 Å². The summed E-state index contributed by atoms with van der Waals surface area (Å²) in [5, 5.41) is 6.62. The Morgan fingerprint density at radius 2 is 1.75 bits per heavy atom. The van der Waals surface area contributed by atoms with Crippen LogP contribution < -0.4 is 0 Å². The van der Waals surface area contributed by atoms with E-state index >= 15 is 0 Å². The van der Waals surface area contributed by atoms with Crippen LogP contribution in [0.3, 0.4) is 0 Å². The minimum Gasteiger partial charge on any atom is -0.564 e. The molecule has 5 nitrogen and oxygen atoms in total. The van der Waals surface area contributed by atoms with E-state index < -0.39 is 19.7 Å². The Bertz CT molecular complexity index is 180. The molecular formula is C6H14O5P+. The molecule has 0 amide bonds. The predicted octanol–water partition coefficient (Wildman–Crippen LogP) is 0.504. The third-order valence-corrected chi connectivity index (χ3v) is 2.97. The van der Waals surface area contributed by atoms with Crippen LogP contribution in [0.5, 0.6) is 0 Å². The molecule has 0 spiro atoms. The Labute approximate surface area is 71.2 Å². The molecule has 0 saturated carbocycles. The lowest BCUT2D eigenvalue weighted by Crippen LogP contribution is -2.08. The van der Waals surface area contributed by atoms with E-state index in [0.717, 1.165) is 0 Å². The van der Waals surface area contributed by atoms with Crippen LogP contribution in [0.4, 0.5) is 0 Å². The molecule has 12 heavy (non-hydrogen) atoms. The van der Waals surface area contributed by atoms with Crippen molar-refractivity contribution in [3.05, 3.63) is 0 Å². The summed E-state index contributed by atoms with van der Waals surface area (Å²) in [4.78, 5) is 10.3. The van der Waals surface area contributed by atoms with Crippen LogP contribution in [-0.4, -0.2) is 30.5 Å². The number of carbonyl (C=O) groups is 1. The molecular weight excluding hydrogens is 183 g/mol. The van der Waals surface area contributed by atoms with Gasteiger partial charge in [0.2, 0.25) is 6.16 Å². The van der Waals surface area contributed by atoms with Gasteiger partial charge in [-0.3, -0.25) is 4.57 Å². The van der Waals surface area contributed by atoms with Gasteiger partial charge in [0.15, 0.2) is 0 Å². The number of hydrogen-bond donors (Lipinski definition) is 0. The summed E-state index contributed by atoms with van der Waals surface area (Å²) in [6.45, 7) is 3.73. The van der Waals surface area contributed by atoms with E-state index in [-0.39, 0.29) is 13.2 Å². The highest BCUT2D eigenvalue weighted by molar-refractivity contribution is 7.54. The highest BCUT2D eigenvalue weighted by Crippen LogP contribution is 2.47. The summed E-state index contributed by atoms with van der Waals surface area (Å²) in [6, 6.07) is 0. The molecule has 0 unspecified atom stereocenters. The molecule has 0 aliphatic carbocycles. The molecule has 0 heterocycles. The van der Waals surface area contributed by atoms with Gasteiger partial charge in [-0.2, -0.15) is 0 Å². The van der Waals surface area contributed by atoms with E-state index in [2.05, 4.69) is 0 Å². The van der Waals surface area contributed by atoms with E-state index in [0.29, 0.717) is 0 Å². The number of hydrogen-bond acceptors (Lipinski definition) is 4. The minimum atomic E-state index is -3.31. The molecule has 0 aromatic carbocycles. The summed E-state index contributed by atoms with van der Waals surface area (Å²) in [5.74, 6) is -0.930. The zero-order chi connectivity index (χ0) is 9.61. The van der Waals surface area contributed by atoms with Crippen LogP contribution >= 0.6 is 7.60 Å². The fraction of sp³-hybridized carbons (Fsp3) is 0.833. The van der Waals surface area contributed by atoms with Crippen molar-refractivity contribution in [2.75, 3.05) is 19.4 Å². The molecule has 0 fully saturated rings. The van der Waals surface area contributed by atoms with Gasteiger partial charge in [-0.25, -0.2) is 0 Å². The Hall–Kier alpha value is -0.380. The predicted molar refractivity (Wildman–Crippen MR) is 44.3 cm³/mol. The maximum absolute atomic E-state index is 11.4. The molecule has 72 valence electrons. The molecule has 0 aliphatic heterocycles. The Balaban J connectivity index is 4.18. The van der Waals surface area contributed by atoms with Crippen LogP contribution in [-0.2, 0) is 18.4 Å². The molecule has 0 atom stereocenters. The quantitative estimate of drug-likeness (QED) is 0.459. The van der Waals surface area contributed by atoms with Crippen molar-refractivity contribution in [2.45, 2.75) is 13.8 Å². The van der Waals surface area contributed by atoms with Crippen molar-refractivity contribution >= 4 is 13.6 Å². The van der Waals surface area contributed by atoms with E-state index in [9.17, 15) is 9.36 Å². The first-order chi connectivity index (χ1) is 5.54. The maximum atomic E-state index is 11.4. The summed E-state index contributed by atoms with van der Waals surface area (Å²) in [5.41, 5.74) is 0. The van der Waals surface area contributed by atoms with Crippen LogP contribution in [0.15, 0.2) is 0 Å². The first-order valence-electron chi connectivity index (χ1n) is 3.66. The van der Waals surface area contributed by atoms with Crippen molar-refractivity contribution in [1.29, 1.82) is 0 Å². The SMILES string of the molecule is CCOP(=O)(CC(=O)[OH2+])OCC. The Kier molecular flexibility index (Phi) is 5.13. The first kappa shape index (κ1) is 11.6. The van der Waals surface area contributed by atoms with Gasteiger partial charge in [0.25, 0.3) is 0 Å². The zero-order valence-electron chi connectivity index (χ0n) is 7.20. The van der Waals surface area contributed by atoms with Gasteiger partial charge >= 0.3 is 13.6 Å². The summed E-state index contributed by atoms with van der Waals surface area (Å²) >= 11 is 0. The molecule has 0 aromatic heterocycles. The van der Waals surface area contributed by atoms with E-state index in [1.54, 1.807) is 13.8 Å². The average molecular weight is 197 g/mol. The second-order valence-corrected chi connectivity index (χ2v) is 4.08. The molecule has 0 saturated heterocycles. The van der Waals surface area contributed by atoms with Gasteiger partial charge in [0.1, 0.15) is 0 Å². The summed E-state index contributed by atoms with van der Waals surface area (Å²) in [7, 11) is -3.31. The standard InChI is InChI=1S/C6H13O5P/c1-3-10-12(9,11-4-2)5-6(7)8/h3-5H2,1-2H3,(H,7,8)/p+1. The number of carbonyl (C=O) groups excluding carboxylic acids is 1. The largest absolute Gasteiger partial charge is 0.564 e. The lowest BCUT2D eigenvalue weighted by atomic mass is 10.8. The molecule has 0 rings (SSSR count). The molecule has 0 aliphatic rings. The third-order valence-electron chi connectivity index (χ3n) is 0.989. The van der Waals surface area contributed by atoms with Gasteiger partial charge in [0, 0.05) is 4.79 Å². The van der Waals surface area contributed by atoms with Crippen molar-refractivity contribution in [3.63, 3.8) is 0 Å². The van der Waals surface area contributed by atoms with Gasteiger partial charge in [-0.1, -0.05) is 0 Å². The van der Waals surface area contributed by atoms with Crippen LogP contribution in [0.25, 0.3) is 0 Å². The van der Waals surface area contributed by atoms with Crippen molar-refractivity contribution in [2.24, 2.45) is 0 Å². The monoisotopic (exact) mass is 197 g/mol. The smallest absolute Gasteiger partial charge is 0.528 e. The molecule has 0 radical (unpaired) electrons. The minimum absolute atomic E-state index is 0.213. The highest BCUT2D eigenvalue weighted by Gasteiger charge is 2.31. The fourth-order valence-corrected chi connectivity index (χ4v) is 2.09. The van der Waals surface area contributed by atoms with Gasteiger partial charge < -0.3 is 14.2 Å². The highest BCUT2D eigenvalue weighted by atomic mass is 31.2. The van der Waals surface area contributed by atoms with Crippen LogP contribution in [0.2, 0.25) is 0 Å². The maximum Gasteiger partial charge on any atom is 0.528 e. The van der Waals surface area contributed by atoms with Gasteiger partial charge in [0.05, 0.1) is 13.2 Å². The van der Waals surface area contributed by atoms with Crippen LogP contribution in [0, 0.1) is 0 Å². The van der Waals surface area contributed by atoms with Crippen molar-refractivity contribution in [3.8, 4) is 0 Å². The zero-order valence-corrected chi connectivity index (χ0v) is 8.10. The Morgan fingerprint density at radius 1 is 1.33 bits per heavy atom. The van der Waals surface area contributed by atoms with E-state index in [1.807, 2.05) is 0 Å². The van der Waals surface area contributed by atoms with Gasteiger partial charge in [-0.05, 0) is 13.8 Å². The summed E-state index contributed by atoms with van der Waals surface area (Å²) < 4.78 is 21.0. The van der Waals surface area contributed by atoms with Crippen molar-refractivity contribution < 1.29 is 23.5 Å². The second-order valence-electron chi connectivity index (χ2n) is 2.03. The fourth-order valence-electron chi connectivity index (χ4n) is 0.698. The Morgan fingerprint density at radius 3 is 2.00 bits per heavy atom. The topological polar surface area (TPSA) is 75.5 Å². The first-order valence-corrected chi connectivity index (χ1v) is 5.39. The number of rotatable bonds is 6. The normalized spacial score (nSPS) is 11.5.